The molecule has 1 fully saturated rings. The molecule has 122 valence electrons. The minimum Gasteiger partial charge on any atom is -0.377 e. The molecule has 0 spiro atoms. The highest BCUT2D eigenvalue weighted by Gasteiger charge is 2.15. The van der Waals surface area contributed by atoms with Gasteiger partial charge in [-0.2, -0.15) is 0 Å². The summed E-state index contributed by atoms with van der Waals surface area (Å²) in [6.07, 6.45) is 2.42. The van der Waals surface area contributed by atoms with E-state index >= 15 is 0 Å². The number of carbonyl (C=O) groups is 1. The molecule has 0 saturated carbocycles. The SMILES string of the molecule is O=C(CNCC1CCCO1)Nc1nc(-c2cccc(Br)c2)cs1. The van der Waals surface area contributed by atoms with Crippen molar-refractivity contribution in [1.82, 2.24) is 10.3 Å². The molecule has 1 aliphatic rings. The van der Waals surface area contributed by atoms with Crippen molar-refractivity contribution in [2.24, 2.45) is 0 Å². The maximum atomic E-state index is 11.9. The van der Waals surface area contributed by atoms with E-state index in [0.29, 0.717) is 11.7 Å². The van der Waals surface area contributed by atoms with Gasteiger partial charge < -0.3 is 15.4 Å². The summed E-state index contributed by atoms with van der Waals surface area (Å²) in [4.78, 5) is 16.4. The molecule has 1 amide bonds. The van der Waals surface area contributed by atoms with E-state index in [1.165, 1.54) is 11.3 Å². The van der Waals surface area contributed by atoms with Gasteiger partial charge in [-0.15, -0.1) is 11.3 Å². The van der Waals surface area contributed by atoms with Crippen LogP contribution in [0.15, 0.2) is 34.1 Å². The van der Waals surface area contributed by atoms with Gasteiger partial charge in [-0.25, -0.2) is 4.98 Å². The first kappa shape index (κ1) is 16.6. The first-order valence-electron chi connectivity index (χ1n) is 7.54. The molecule has 3 rings (SSSR count). The number of hydrogen-bond donors (Lipinski definition) is 2. The van der Waals surface area contributed by atoms with Crippen LogP contribution in [0.3, 0.4) is 0 Å². The number of nitrogens with zero attached hydrogens (tertiary/aromatic N) is 1. The number of hydrogen-bond acceptors (Lipinski definition) is 5. The number of benzene rings is 1. The number of amides is 1. The molecule has 2 N–H and O–H groups in total. The molecule has 1 saturated heterocycles. The van der Waals surface area contributed by atoms with Crippen LogP contribution < -0.4 is 10.6 Å². The molecule has 1 aliphatic heterocycles. The Labute approximate surface area is 147 Å². The average molecular weight is 396 g/mol. The van der Waals surface area contributed by atoms with Crippen molar-refractivity contribution < 1.29 is 9.53 Å². The summed E-state index contributed by atoms with van der Waals surface area (Å²) in [5.41, 5.74) is 1.88. The summed E-state index contributed by atoms with van der Waals surface area (Å²) in [5, 5.41) is 8.51. The Balaban J connectivity index is 1.49. The van der Waals surface area contributed by atoms with E-state index in [1.54, 1.807) is 0 Å². The van der Waals surface area contributed by atoms with Crippen molar-refractivity contribution in [3.05, 3.63) is 34.1 Å². The average Bonchev–Trinajstić information content (AvgIpc) is 3.19. The normalized spacial score (nSPS) is 17.3. The standard InChI is InChI=1S/C16H18BrN3O2S/c17-12-4-1-3-11(7-12)14-10-23-16(19-14)20-15(21)9-18-8-13-5-2-6-22-13/h1,3-4,7,10,13,18H,2,5-6,8-9H2,(H,19,20,21). The van der Waals surface area contributed by atoms with Gasteiger partial charge in [0.05, 0.1) is 18.3 Å². The predicted molar refractivity (Wildman–Crippen MR) is 95.7 cm³/mol. The largest absolute Gasteiger partial charge is 0.377 e. The third-order valence-electron chi connectivity index (χ3n) is 3.55. The van der Waals surface area contributed by atoms with Crippen LogP contribution in [0.25, 0.3) is 11.3 Å². The number of anilines is 1. The Morgan fingerprint density at radius 3 is 3.17 bits per heavy atom. The minimum absolute atomic E-state index is 0.0851. The van der Waals surface area contributed by atoms with Crippen LogP contribution in [0.2, 0.25) is 0 Å². The Kier molecular flexibility index (Phi) is 5.77. The molecular weight excluding hydrogens is 378 g/mol. The molecule has 5 nitrogen and oxygen atoms in total. The number of thiazole rings is 1. The molecule has 1 aromatic carbocycles. The molecular formula is C16H18BrN3O2S. The number of halogens is 1. The van der Waals surface area contributed by atoms with Gasteiger partial charge in [0.2, 0.25) is 5.91 Å². The van der Waals surface area contributed by atoms with Gasteiger partial charge in [-0.05, 0) is 25.0 Å². The second-order valence-electron chi connectivity index (χ2n) is 5.36. The number of nitrogens with one attached hydrogen (secondary N) is 2. The van der Waals surface area contributed by atoms with Gasteiger partial charge in [0, 0.05) is 28.6 Å². The fourth-order valence-electron chi connectivity index (χ4n) is 2.43. The van der Waals surface area contributed by atoms with E-state index in [2.05, 4.69) is 31.5 Å². The van der Waals surface area contributed by atoms with Gasteiger partial charge in [-0.3, -0.25) is 4.79 Å². The van der Waals surface area contributed by atoms with E-state index in [-0.39, 0.29) is 18.6 Å². The predicted octanol–water partition coefficient (Wildman–Crippen LogP) is 3.28. The van der Waals surface area contributed by atoms with E-state index in [1.807, 2.05) is 29.6 Å². The summed E-state index contributed by atoms with van der Waals surface area (Å²) in [5.74, 6) is -0.0851. The lowest BCUT2D eigenvalue weighted by atomic mass is 10.2. The Morgan fingerprint density at radius 2 is 2.39 bits per heavy atom. The molecule has 2 heterocycles. The third kappa shape index (κ3) is 4.84. The zero-order valence-corrected chi connectivity index (χ0v) is 15.0. The first-order valence-corrected chi connectivity index (χ1v) is 9.21. The van der Waals surface area contributed by atoms with Crippen LogP contribution >= 0.6 is 27.3 Å². The van der Waals surface area contributed by atoms with Gasteiger partial charge in [0.15, 0.2) is 5.13 Å². The maximum Gasteiger partial charge on any atom is 0.240 e. The molecule has 1 atom stereocenters. The van der Waals surface area contributed by atoms with Gasteiger partial charge in [0.25, 0.3) is 0 Å². The highest BCUT2D eigenvalue weighted by Crippen LogP contribution is 2.26. The molecule has 7 heteroatoms. The molecule has 1 unspecified atom stereocenters. The van der Waals surface area contributed by atoms with Crippen molar-refractivity contribution >= 4 is 38.3 Å². The van der Waals surface area contributed by atoms with E-state index in [0.717, 1.165) is 35.2 Å². The number of aromatic nitrogens is 1. The van der Waals surface area contributed by atoms with Gasteiger partial charge in [0.1, 0.15) is 0 Å². The Bertz CT molecular complexity index is 671. The van der Waals surface area contributed by atoms with Crippen molar-refractivity contribution in [1.29, 1.82) is 0 Å². The maximum absolute atomic E-state index is 11.9. The van der Waals surface area contributed by atoms with Crippen LogP contribution in [0.1, 0.15) is 12.8 Å². The van der Waals surface area contributed by atoms with Gasteiger partial charge in [-0.1, -0.05) is 28.1 Å². The summed E-state index contributed by atoms with van der Waals surface area (Å²) in [6, 6.07) is 7.93. The van der Waals surface area contributed by atoms with E-state index in [9.17, 15) is 4.79 Å². The molecule has 1 aromatic heterocycles. The third-order valence-corrected chi connectivity index (χ3v) is 4.80. The van der Waals surface area contributed by atoms with Crippen LogP contribution in [-0.4, -0.2) is 36.7 Å². The van der Waals surface area contributed by atoms with Crippen LogP contribution in [0.4, 0.5) is 5.13 Å². The Hall–Kier alpha value is -1.28. The van der Waals surface area contributed by atoms with Gasteiger partial charge >= 0.3 is 0 Å². The van der Waals surface area contributed by atoms with Crippen molar-refractivity contribution in [3.63, 3.8) is 0 Å². The highest BCUT2D eigenvalue weighted by atomic mass is 79.9. The highest BCUT2D eigenvalue weighted by molar-refractivity contribution is 9.10. The second kappa shape index (κ2) is 8.01. The molecule has 0 bridgehead atoms. The first-order chi connectivity index (χ1) is 11.2. The lowest BCUT2D eigenvalue weighted by Crippen LogP contribution is -2.33. The monoisotopic (exact) mass is 395 g/mol. The fraction of sp³-hybridized carbons (Fsp3) is 0.375. The summed E-state index contributed by atoms with van der Waals surface area (Å²) in [7, 11) is 0. The molecule has 23 heavy (non-hydrogen) atoms. The zero-order chi connectivity index (χ0) is 16.1. The number of carbonyl (C=O) groups excluding carboxylic acids is 1. The van der Waals surface area contributed by atoms with E-state index in [4.69, 9.17) is 4.74 Å². The molecule has 0 aliphatic carbocycles. The quantitative estimate of drug-likeness (QED) is 0.787. The second-order valence-corrected chi connectivity index (χ2v) is 7.14. The zero-order valence-electron chi connectivity index (χ0n) is 12.5. The minimum atomic E-state index is -0.0851. The molecule has 0 radical (unpaired) electrons. The Morgan fingerprint density at radius 1 is 1.48 bits per heavy atom. The number of ether oxygens (including phenoxy) is 1. The summed E-state index contributed by atoms with van der Waals surface area (Å²) < 4.78 is 6.51. The lowest BCUT2D eigenvalue weighted by molar-refractivity contribution is -0.115. The smallest absolute Gasteiger partial charge is 0.240 e. The van der Waals surface area contributed by atoms with Crippen LogP contribution in [-0.2, 0) is 9.53 Å². The lowest BCUT2D eigenvalue weighted by Gasteiger charge is -2.10. The summed E-state index contributed by atoms with van der Waals surface area (Å²) >= 11 is 4.88. The topological polar surface area (TPSA) is 63.2 Å². The van der Waals surface area contributed by atoms with Crippen LogP contribution in [0.5, 0.6) is 0 Å². The van der Waals surface area contributed by atoms with Crippen molar-refractivity contribution in [2.45, 2.75) is 18.9 Å². The summed E-state index contributed by atoms with van der Waals surface area (Å²) in [6.45, 7) is 1.82. The number of rotatable bonds is 6. The molecule has 2 aromatic rings. The van der Waals surface area contributed by atoms with E-state index < -0.39 is 0 Å². The fourth-order valence-corrected chi connectivity index (χ4v) is 3.56. The van der Waals surface area contributed by atoms with Crippen molar-refractivity contribution in [2.75, 3.05) is 25.0 Å². The van der Waals surface area contributed by atoms with Crippen LogP contribution in [0, 0.1) is 0 Å². The van der Waals surface area contributed by atoms with Crippen molar-refractivity contribution in [3.8, 4) is 11.3 Å².